The fraction of sp³-hybridized carbons (Fsp3) is 0.500. The molecule has 0 radical (unpaired) electrons. The first-order valence-corrected chi connectivity index (χ1v) is 8.30. The Morgan fingerprint density at radius 3 is 2.55 bits per heavy atom. The number of amides is 2. The van der Waals surface area contributed by atoms with E-state index in [0.717, 1.165) is 6.42 Å². The van der Waals surface area contributed by atoms with E-state index >= 15 is 0 Å². The molecule has 1 heterocycles. The molecule has 0 aliphatic carbocycles. The predicted molar refractivity (Wildman–Crippen MR) is 88.4 cm³/mol. The third-order valence-electron chi connectivity index (χ3n) is 3.86. The average molecular weight is 343 g/mol. The van der Waals surface area contributed by atoms with Gasteiger partial charge in [0, 0.05) is 30.6 Å². The van der Waals surface area contributed by atoms with Gasteiger partial charge in [0.25, 0.3) is 5.91 Å². The van der Waals surface area contributed by atoms with Gasteiger partial charge in [0.2, 0.25) is 5.91 Å². The molecule has 1 N–H and O–H groups in total. The van der Waals surface area contributed by atoms with Gasteiger partial charge in [-0.05, 0) is 37.5 Å². The molecule has 1 aliphatic heterocycles. The monoisotopic (exact) mass is 342 g/mol. The van der Waals surface area contributed by atoms with Crippen LogP contribution in [0.1, 0.15) is 36.5 Å². The Balaban J connectivity index is 1.93. The van der Waals surface area contributed by atoms with Crippen molar-refractivity contribution >= 4 is 35.0 Å². The smallest absolute Gasteiger partial charge is 0.255 e. The minimum Gasteiger partial charge on any atom is -0.356 e. The number of piperidine rings is 1. The molecule has 120 valence electrons. The highest BCUT2D eigenvalue weighted by Gasteiger charge is 2.28. The molecular weight excluding hydrogens is 323 g/mol. The quantitative estimate of drug-likeness (QED) is 0.911. The fourth-order valence-corrected chi connectivity index (χ4v) is 3.06. The number of rotatable bonds is 4. The second kappa shape index (κ2) is 7.84. The minimum absolute atomic E-state index is 0.00344. The van der Waals surface area contributed by atoms with Crippen LogP contribution in [0.25, 0.3) is 0 Å². The molecule has 6 heteroatoms. The number of nitrogens with one attached hydrogen (secondary N) is 1. The SMILES string of the molecule is CCCNC(=O)C1CCN(C(=O)c2ccc(Cl)cc2Cl)CC1. The van der Waals surface area contributed by atoms with Gasteiger partial charge in [0.15, 0.2) is 0 Å². The lowest BCUT2D eigenvalue weighted by molar-refractivity contribution is -0.126. The number of likely N-dealkylation sites (tertiary alicyclic amines) is 1. The second-order valence-electron chi connectivity index (χ2n) is 5.48. The lowest BCUT2D eigenvalue weighted by Crippen LogP contribution is -2.43. The molecule has 1 aliphatic rings. The number of hydrogen-bond acceptors (Lipinski definition) is 2. The summed E-state index contributed by atoms with van der Waals surface area (Å²) in [6.45, 7) is 3.87. The lowest BCUT2D eigenvalue weighted by atomic mass is 9.95. The van der Waals surface area contributed by atoms with E-state index in [1.54, 1.807) is 23.1 Å². The number of benzene rings is 1. The van der Waals surface area contributed by atoms with Gasteiger partial charge in [-0.3, -0.25) is 9.59 Å². The van der Waals surface area contributed by atoms with Gasteiger partial charge in [-0.1, -0.05) is 30.1 Å². The van der Waals surface area contributed by atoms with Crippen molar-refractivity contribution in [2.45, 2.75) is 26.2 Å². The number of halogens is 2. The summed E-state index contributed by atoms with van der Waals surface area (Å²) in [5.74, 6) is -0.0103. The molecule has 1 aromatic rings. The van der Waals surface area contributed by atoms with Crippen molar-refractivity contribution in [3.8, 4) is 0 Å². The van der Waals surface area contributed by atoms with Crippen LogP contribution in [0.15, 0.2) is 18.2 Å². The van der Waals surface area contributed by atoms with E-state index in [0.29, 0.717) is 48.1 Å². The standard InChI is InChI=1S/C16H20Cl2N2O2/c1-2-7-19-15(21)11-5-8-20(9-6-11)16(22)13-4-3-12(17)10-14(13)18/h3-4,10-11H,2,5-9H2,1H3,(H,19,21). The van der Waals surface area contributed by atoms with E-state index < -0.39 is 0 Å². The molecule has 22 heavy (non-hydrogen) atoms. The predicted octanol–water partition coefficient (Wildman–Crippen LogP) is 3.37. The van der Waals surface area contributed by atoms with Crippen LogP contribution in [-0.2, 0) is 4.79 Å². The Morgan fingerprint density at radius 1 is 1.27 bits per heavy atom. The Hall–Kier alpha value is -1.26. The lowest BCUT2D eigenvalue weighted by Gasteiger charge is -2.31. The normalized spacial score (nSPS) is 15.7. The molecule has 2 amide bonds. The molecule has 0 saturated carbocycles. The number of carbonyl (C=O) groups excluding carboxylic acids is 2. The van der Waals surface area contributed by atoms with Crippen molar-refractivity contribution in [2.24, 2.45) is 5.92 Å². The van der Waals surface area contributed by atoms with E-state index in [4.69, 9.17) is 23.2 Å². The zero-order valence-electron chi connectivity index (χ0n) is 12.6. The maximum Gasteiger partial charge on any atom is 0.255 e. The number of nitrogens with zero attached hydrogens (tertiary/aromatic N) is 1. The fourth-order valence-electron chi connectivity index (χ4n) is 2.57. The topological polar surface area (TPSA) is 49.4 Å². The molecule has 1 saturated heterocycles. The van der Waals surface area contributed by atoms with E-state index in [1.807, 2.05) is 6.92 Å². The van der Waals surface area contributed by atoms with Crippen LogP contribution < -0.4 is 5.32 Å². The highest BCUT2D eigenvalue weighted by Crippen LogP contribution is 2.25. The first-order chi connectivity index (χ1) is 10.5. The van der Waals surface area contributed by atoms with Crippen molar-refractivity contribution in [1.82, 2.24) is 10.2 Å². The Bertz CT molecular complexity index is 555. The molecule has 0 spiro atoms. The Morgan fingerprint density at radius 2 is 1.95 bits per heavy atom. The molecule has 0 aromatic heterocycles. The molecule has 4 nitrogen and oxygen atoms in total. The molecule has 0 unspecified atom stereocenters. The molecular formula is C16H20Cl2N2O2. The van der Waals surface area contributed by atoms with Gasteiger partial charge in [-0.15, -0.1) is 0 Å². The van der Waals surface area contributed by atoms with Gasteiger partial charge in [0.1, 0.15) is 0 Å². The summed E-state index contributed by atoms with van der Waals surface area (Å²) in [7, 11) is 0. The second-order valence-corrected chi connectivity index (χ2v) is 6.33. The highest BCUT2D eigenvalue weighted by molar-refractivity contribution is 6.36. The molecule has 0 bridgehead atoms. The molecule has 2 rings (SSSR count). The summed E-state index contributed by atoms with van der Waals surface area (Å²) in [6.07, 6.45) is 2.30. The van der Waals surface area contributed by atoms with Crippen molar-refractivity contribution < 1.29 is 9.59 Å². The summed E-state index contributed by atoms with van der Waals surface area (Å²) in [5.41, 5.74) is 0.458. The van der Waals surface area contributed by atoms with Gasteiger partial charge in [0.05, 0.1) is 10.6 Å². The van der Waals surface area contributed by atoms with Crippen molar-refractivity contribution in [3.63, 3.8) is 0 Å². The third kappa shape index (κ3) is 4.14. The summed E-state index contributed by atoms with van der Waals surface area (Å²) in [5, 5.41) is 3.78. The summed E-state index contributed by atoms with van der Waals surface area (Å²) in [6, 6.07) is 4.87. The Kier molecular flexibility index (Phi) is 6.09. The van der Waals surface area contributed by atoms with Crippen LogP contribution in [0.2, 0.25) is 10.0 Å². The van der Waals surface area contributed by atoms with Crippen molar-refractivity contribution in [1.29, 1.82) is 0 Å². The van der Waals surface area contributed by atoms with Crippen molar-refractivity contribution in [2.75, 3.05) is 19.6 Å². The summed E-state index contributed by atoms with van der Waals surface area (Å²) in [4.78, 5) is 26.2. The van der Waals surface area contributed by atoms with Gasteiger partial charge in [-0.25, -0.2) is 0 Å². The zero-order chi connectivity index (χ0) is 16.1. The number of carbonyl (C=O) groups is 2. The molecule has 1 fully saturated rings. The first-order valence-electron chi connectivity index (χ1n) is 7.55. The van der Waals surface area contributed by atoms with E-state index in [1.165, 1.54) is 0 Å². The Labute approximate surface area is 140 Å². The highest BCUT2D eigenvalue weighted by atomic mass is 35.5. The maximum atomic E-state index is 12.5. The van der Waals surface area contributed by atoms with Gasteiger partial charge < -0.3 is 10.2 Å². The van der Waals surface area contributed by atoms with E-state index in [-0.39, 0.29) is 17.7 Å². The first kappa shape index (κ1) is 17.1. The largest absolute Gasteiger partial charge is 0.356 e. The summed E-state index contributed by atoms with van der Waals surface area (Å²) < 4.78 is 0. The van der Waals surface area contributed by atoms with E-state index in [9.17, 15) is 9.59 Å². The minimum atomic E-state index is -0.103. The van der Waals surface area contributed by atoms with Crippen LogP contribution in [-0.4, -0.2) is 36.3 Å². The van der Waals surface area contributed by atoms with Crippen LogP contribution >= 0.6 is 23.2 Å². The molecule has 1 aromatic carbocycles. The maximum absolute atomic E-state index is 12.5. The van der Waals surface area contributed by atoms with Crippen molar-refractivity contribution in [3.05, 3.63) is 33.8 Å². The average Bonchev–Trinajstić information content (AvgIpc) is 2.52. The zero-order valence-corrected chi connectivity index (χ0v) is 14.1. The van der Waals surface area contributed by atoms with Gasteiger partial charge >= 0.3 is 0 Å². The van der Waals surface area contributed by atoms with Crippen LogP contribution in [0.5, 0.6) is 0 Å². The molecule has 0 atom stereocenters. The van der Waals surface area contributed by atoms with E-state index in [2.05, 4.69) is 5.32 Å². The van der Waals surface area contributed by atoms with Gasteiger partial charge in [-0.2, -0.15) is 0 Å². The van der Waals surface area contributed by atoms with Crippen LogP contribution in [0.3, 0.4) is 0 Å². The third-order valence-corrected chi connectivity index (χ3v) is 4.41. The van der Waals surface area contributed by atoms with Crippen LogP contribution in [0.4, 0.5) is 0 Å². The summed E-state index contributed by atoms with van der Waals surface area (Å²) >= 11 is 11.9. The van der Waals surface area contributed by atoms with Crippen LogP contribution in [0, 0.1) is 5.92 Å². The number of hydrogen-bond donors (Lipinski definition) is 1.